The molecule has 0 unspecified atom stereocenters. The van der Waals surface area contributed by atoms with Crippen LogP contribution >= 0.6 is 0 Å². The van der Waals surface area contributed by atoms with Crippen LogP contribution in [0.15, 0.2) is 0 Å². The second-order valence-electron chi connectivity index (χ2n) is 1.00. The molecule has 0 aliphatic rings. The first-order valence-electron chi connectivity index (χ1n) is 3.00. The maximum Gasteiger partial charge on any atom is 0 e. The van der Waals surface area contributed by atoms with Gasteiger partial charge in [-0.1, -0.05) is 13.8 Å². The van der Waals surface area contributed by atoms with Gasteiger partial charge in [0.2, 0.25) is 0 Å². The lowest BCUT2D eigenvalue weighted by molar-refractivity contribution is 1.02. The normalized spacial score (nSPS) is 5.25. The molecule has 0 radical (unpaired) electrons. The Morgan fingerprint density at radius 2 is 0.750 bits per heavy atom. The Kier molecular flexibility index (Phi) is 129. The predicted octanol–water partition coefficient (Wildman–Crippen LogP) is 0.943. The van der Waals surface area contributed by atoms with Gasteiger partial charge in [-0.3, -0.25) is 0 Å². The minimum absolute atomic E-state index is 0. The SMILES string of the molecule is CC.CNC.CNC.[HH]. The van der Waals surface area contributed by atoms with Crippen molar-refractivity contribution in [2.45, 2.75) is 13.8 Å². The molecular weight excluding hydrogens is 100 g/mol. The van der Waals surface area contributed by atoms with E-state index in [0.29, 0.717) is 0 Å². The van der Waals surface area contributed by atoms with Crippen molar-refractivity contribution in [1.82, 2.24) is 10.6 Å². The van der Waals surface area contributed by atoms with Crippen LogP contribution in [0.4, 0.5) is 0 Å². The van der Waals surface area contributed by atoms with Crippen LogP contribution in [-0.4, -0.2) is 28.2 Å². The van der Waals surface area contributed by atoms with Crippen molar-refractivity contribution in [2.75, 3.05) is 28.2 Å². The summed E-state index contributed by atoms with van der Waals surface area (Å²) in [6.45, 7) is 4.00. The van der Waals surface area contributed by atoms with E-state index in [0.717, 1.165) is 0 Å². The van der Waals surface area contributed by atoms with Crippen molar-refractivity contribution < 1.29 is 1.43 Å². The molecule has 0 atom stereocenters. The molecule has 0 aliphatic carbocycles. The molecule has 0 fully saturated rings. The number of nitrogens with one attached hydrogen (secondary N) is 2. The Morgan fingerprint density at radius 3 is 0.750 bits per heavy atom. The van der Waals surface area contributed by atoms with Crippen molar-refractivity contribution in [3.05, 3.63) is 0 Å². The van der Waals surface area contributed by atoms with Crippen LogP contribution in [0.2, 0.25) is 0 Å². The van der Waals surface area contributed by atoms with E-state index < -0.39 is 0 Å². The zero-order chi connectivity index (χ0) is 7.41. The van der Waals surface area contributed by atoms with Crippen molar-refractivity contribution in [1.29, 1.82) is 0 Å². The van der Waals surface area contributed by atoms with E-state index in [1.54, 1.807) is 0 Å². The van der Waals surface area contributed by atoms with E-state index in [4.69, 9.17) is 0 Å². The third-order valence-corrected chi connectivity index (χ3v) is 0. The van der Waals surface area contributed by atoms with E-state index in [2.05, 4.69) is 10.6 Å². The van der Waals surface area contributed by atoms with Crippen LogP contribution in [0.3, 0.4) is 0 Å². The molecule has 0 bridgehead atoms. The van der Waals surface area contributed by atoms with E-state index >= 15 is 0 Å². The van der Waals surface area contributed by atoms with Gasteiger partial charge in [-0.25, -0.2) is 0 Å². The molecule has 0 heterocycles. The van der Waals surface area contributed by atoms with Crippen molar-refractivity contribution in [3.8, 4) is 0 Å². The highest BCUT2D eigenvalue weighted by molar-refractivity contribution is 3.91. The maximum absolute atomic E-state index is 2.75. The molecule has 8 heavy (non-hydrogen) atoms. The molecule has 0 aromatic heterocycles. The van der Waals surface area contributed by atoms with E-state index in [1.807, 2.05) is 42.0 Å². The Hall–Kier alpha value is -0.0800. The largest absolute Gasteiger partial charge is 0.323 e. The molecule has 0 spiro atoms. The molecule has 2 N–H and O–H groups in total. The zero-order valence-electron chi connectivity index (χ0n) is 7.00. The van der Waals surface area contributed by atoms with Gasteiger partial charge in [0.05, 0.1) is 0 Å². The van der Waals surface area contributed by atoms with E-state index in [1.165, 1.54) is 0 Å². The number of hydrogen-bond donors (Lipinski definition) is 2. The highest BCUT2D eigenvalue weighted by atomic mass is 14.7. The predicted molar refractivity (Wildman–Crippen MR) is 43.4 cm³/mol. The van der Waals surface area contributed by atoms with Gasteiger partial charge in [0, 0.05) is 1.43 Å². The first-order chi connectivity index (χ1) is 3.83. The Morgan fingerprint density at radius 1 is 0.750 bits per heavy atom. The summed E-state index contributed by atoms with van der Waals surface area (Å²) in [4.78, 5) is 0. The maximum atomic E-state index is 2.75. The summed E-state index contributed by atoms with van der Waals surface area (Å²) in [6.07, 6.45) is 0. The van der Waals surface area contributed by atoms with Crippen LogP contribution in [0.25, 0.3) is 0 Å². The summed E-state index contributed by atoms with van der Waals surface area (Å²) in [5.74, 6) is 0. The summed E-state index contributed by atoms with van der Waals surface area (Å²) in [5.41, 5.74) is 0. The van der Waals surface area contributed by atoms with Gasteiger partial charge in [-0.15, -0.1) is 0 Å². The molecule has 56 valence electrons. The quantitative estimate of drug-likeness (QED) is 0.500. The number of hydrogen-bond acceptors (Lipinski definition) is 2. The van der Waals surface area contributed by atoms with Crippen LogP contribution in [0.1, 0.15) is 15.3 Å². The monoisotopic (exact) mass is 122 g/mol. The van der Waals surface area contributed by atoms with Crippen molar-refractivity contribution in [3.63, 3.8) is 0 Å². The Bertz CT molecular complexity index is 13.0. The standard InChI is InChI=1S/2C2H7N.C2H6.H2/c2*1-3-2;1-2;/h2*3H,1-2H3;1-2H3;1H. The Balaban J connectivity index is -0.0000000202. The molecule has 0 saturated carbocycles. The summed E-state index contributed by atoms with van der Waals surface area (Å²) in [5, 5.41) is 5.50. The molecular formula is C6H22N2. The fraction of sp³-hybridized carbons (Fsp3) is 1.00. The van der Waals surface area contributed by atoms with Gasteiger partial charge in [0.15, 0.2) is 0 Å². The van der Waals surface area contributed by atoms with Gasteiger partial charge in [0.1, 0.15) is 0 Å². The molecule has 2 nitrogen and oxygen atoms in total. The third-order valence-electron chi connectivity index (χ3n) is 0. The molecule has 0 rings (SSSR count). The van der Waals surface area contributed by atoms with Crippen LogP contribution < -0.4 is 10.6 Å². The van der Waals surface area contributed by atoms with Crippen LogP contribution in [0, 0.1) is 0 Å². The lowest BCUT2D eigenvalue weighted by atomic mass is 11.0. The van der Waals surface area contributed by atoms with E-state index in [9.17, 15) is 0 Å². The Labute approximate surface area is 55.2 Å². The lowest BCUT2D eigenvalue weighted by Crippen LogP contribution is -1.89. The molecule has 0 aliphatic heterocycles. The zero-order valence-corrected chi connectivity index (χ0v) is 7.00. The van der Waals surface area contributed by atoms with Crippen molar-refractivity contribution >= 4 is 0 Å². The second-order valence-corrected chi connectivity index (χ2v) is 1.00. The van der Waals surface area contributed by atoms with Gasteiger partial charge in [0.25, 0.3) is 0 Å². The molecule has 2 heteroatoms. The molecule has 0 aromatic rings. The summed E-state index contributed by atoms with van der Waals surface area (Å²) in [6, 6.07) is 0. The van der Waals surface area contributed by atoms with Crippen LogP contribution in [-0.2, 0) is 0 Å². The average molecular weight is 122 g/mol. The molecule has 0 amide bonds. The van der Waals surface area contributed by atoms with Gasteiger partial charge in [-0.2, -0.15) is 0 Å². The molecule has 0 saturated heterocycles. The average Bonchev–Trinajstić information content (AvgIpc) is 1.75. The summed E-state index contributed by atoms with van der Waals surface area (Å²) in [7, 11) is 7.50. The smallest absolute Gasteiger partial charge is 0 e. The highest BCUT2D eigenvalue weighted by Crippen LogP contribution is 1.14. The summed E-state index contributed by atoms with van der Waals surface area (Å²) >= 11 is 0. The minimum Gasteiger partial charge on any atom is -0.323 e. The highest BCUT2D eigenvalue weighted by Gasteiger charge is 1.26. The fourth-order valence-electron chi connectivity index (χ4n) is 0. The van der Waals surface area contributed by atoms with E-state index in [-0.39, 0.29) is 1.43 Å². The van der Waals surface area contributed by atoms with Gasteiger partial charge >= 0.3 is 0 Å². The first-order valence-corrected chi connectivity index (χ1v) is 3.00. The van der Waals surface area contributed by atoms with Crippen LogP contribution in [0.5, 0.6) is 0 Å². The third kappa shape index (κ3) is 22400. The van der Waals surface area contributed by atoms with Crippen molar-refractivity contribution in [2.24, 2.45) is 0 Å². The number of rotatable bonds is 0. The lowest BCUT2D eigenvalue weighted by Gasteiger charge is -1.59. The first kappa shape index (κ1) is 15.7. The van der Waals surface area contributed by atoms with Gasteiger partial charge in [-0.05, 0) is 28.2 Å². The second kappa shape index (κ2) is 65.8. The topological polar surface area (TPSA) is 24.1 Å². The minimum atomic E-state index is 0. The molecule has 0 aromatic carbocycles. The fourth-order valence-corrected chi connectivity index (χ4v) is 0. The van der Waals surface area contributed by atoms with Gasteiger partial charge < -0.3 is 10.6 Å². The summed E-state index contributed by atoms with van der Waals surface area (Å²) < 4.78 is 0.